The number of nitriles is 1. The van der Waals surface area contributed by atoms with Crippen molar-refractivity contribution >= 4 is 17.6 Å². The van der Waals surface area contributed by atoms with Gasteiger partial charge in [0.05, 0.1) is 5.41 Å². The lowest BCUT2D eigenvalue weighted by Gasteiger charge is -2.20. The molecule has 8 heteroatoms. The molecule has 2 atom stereocenters. The summed E-state index contributed by atoms with van der Waals surface area (Å²) in [4.78, 5) is 12.8. The number of ether oxygens (including phenoxy) is 2. The maximum atomic E-state index is 12.9. The quantitative estimate of drug-likeness (QED) is 0.461. The van der Waals surface area contributed by atoms with Gasteiger partial charge in [0.2, 0.25) is 6.10 Å². The van der Waals surface area contributed by atoms with Gasteiger partial charge in [0, 0.05) is 5.56 Å². The molecule has 0 amide bonds. The maximum absolute atomic E-state index is 12.9. The number of hydrogen-bond acceptors (Lipinski definition) is 4. The number of rotatable bonds is 6. The van der Waals surface area contributed by atoms with Gasteiger partial charge in [-0.25, -0.2) is 0 Å². The van der Waals surface area contributed by atoms with E-state index in [4.69, 9.17) is 21.1 Å². The zero-order chi connectivity index (χ0) is 22.9. The Labute approximate surface area is 182 Å². The lowest BCUT2D eigenvalue weighted by atomic mass is 9.95. The van der Waals surface area contributed by atoms with Crippen LogP contribution in [0.5, 0.6) is 11.5 Å². The molecule has 0 saturated heterocycles. The van der Waals surface area contributed by atoms with Crippen LogP contribution in [0.3, 0.4) is 0 Å². The maximum Gasteiger partial charge on any atom is 0.426 e. The summed E-state index contributed by atoms with van der Waals surface area (Å²) in [6, 6.07) is 17.2. The second kappa shape index (κ2) is 8.27. The molecular weight excluding hydrogens is 431 g/mol. The monoisotopic (exact) mass is 449 g/mol. The molecule has 0 radical (unpaired) electrons. The SMILES string of the molecule is CC1(C)CC1(/C=C(\Cl)C(F)(F)F)C(=O)OC(C#N)c1cccc(Oc2ccccc2)c1. The van der Waals surface area contributed by atoms with Crippen LogP contribution >= 0.6 is 11.6 Å². The molecule has 162 valence electrons. The topological polar surface area (TPSA) is 59.3 Å². The molecule has 3 rings (SSSR count). The number of esters is 1. The molecule has 0 N–H and O–H groups in total. The fraction of sp³-hybridized carbons (Fsp3) is 0.304. The molecule has 0 aromatic heterocycles. The van der Waals surface area contributed by atoms with Crippen molar-refractivity contribution in [2.75, 3.05) is 0 Å². The van der Waals surface area contributed by atoms with Gasteiger partial charge in [0.25, 0.3) is 0 Å². The molecule has 31 heavy (non-hydrogen) atoms. The Morgan fingerprint density at radius 2 is 1.77 bits per heavy atom. The van der Waals surface area contributed by atoms with Crippen LogP contribution in [0.2, 0.25) is 0 Å². The number of alkyl halides is 3. The van der Waals surface area contributed by atoms with E-state index in [1.54, 1.807) is 56.3 Å². The first-order chi connectivity index (χ1) is 14.5. The minimum atomic E-state index is -4.77. The van der Waals surface area contributed by atoms with Gasteiger partial charge in [-0.15, -0.1) is 0 Å². The summed E-state index contributed by atoms with van der Waals surface area (Å²) in [5.41, 5.74) is -2.00. The minimum absolute atomic E-state index is 0.125. The van der Waals surface area contributed by atoms with Crippen molar-refractivity contribution in [3.05, 3.63) is 71.3 Å². The van der Waals surface area contributed by atoms with E-state index in [-0.39, 0.29) is 6.42 Å². The van der Waals surface area contributed by atoms with Crippen molar-refractivity contribution < 1.29 is 27.4 Å². The first-order valence-corrected chi connectivity index (χ1v) is 9.75. The largest absolute Gasteiger partial charge is 0.457 e. The predicted molar refractivity (Wildman–Crippen MR) is 108 cm³/mol. The Bertz CT molecular complexity index is 1040. The van der Waals surface area contributed by atoms with Crippen LogP contribution < -0.4 is 4.74 Å². The fourth-order valence-electron chi connectivity index (χ4n) is 3.35. The summed E-state index contributed by atoms with van der Waals surface area (Å²) in [7, 11) is 0. The van der Waals surface area contributed by atoms with Crippen molar-refractivity contribution in [1.82, 2.24) is 0 Å². The highest BCUT2D eigenvalue weighted by Gasteiger charge is 2.67. The van der Waals surface area contributed by atoms with Gasteiger partial charge in [-0.05, 0) is 42.2 Å². The average molecular weight is 450 g/mol. The zero-order valence-electron chi connectivity index (χ0n) is 16.7. The van der Waals surface area contributed by atoms with Crippen molar-refractivity contribution in [3.63, 3.8) is 0 Å². The summed E-state index contributed by atoms with van der Waals surface area (Å²) in [5, 5.41) is 8.16. The Balaban J connectivity index is 1.82. The van der Waals surface area contributed by atoms with E-state index in [1.807, 2.05) is 12.1 Å². The van der Waals surface area contributed by atoms with Crippen LogP contribution in [0.25, 0.3) is 0 Å². The van der Waals surface area contributed by atoms with Crippen molar-refractivity contribution in [1.29, 1.82) is 5.26 Å². The average Bonchev–Trinajstić information content (AvgIpc) is 3.27. The van der Waals surface area contributed by atoms with E-state index in [2.05, 4.69) is 0 Å². The number of para-hydroxylation sites is 1. The van der Waals surface area contributed by atoms with Crippen LogP contribution in [0.4, 0.5) is 13.2 Å². The summed E-state index contributed by atoms with van der Waals surface area (Å²) in [6.07, 6.45) is -5.27. The van der Waals surface area contributed by atoms with Crippen LogP contribution in [0, 0.1) is 22.2 Å². The Hall–Kier alpha value is -2.98. The third kappa shape index (κ3) is 4.86. The Kier molecular flexibility index (Phi) is 6.06. The minimum Gasteiger partial charge on any atom is -0.457 e. The molecule has 1 fully saturated rings. The smallest absolute Gasteiger partial charge is 0.426 e. The van der Waals surface area contributed by atoms with E-state index in [0.717, 1.165) is 0 Å². The number of halogens is 4. The van der Waals surface area contributed by atoms with Crippen LogP contribution in [0.15, 0.2) is 65.7 Å². The summed E-state index contributed by atoms with van der Waals surface area (Å²) >= 11 is 5.38. The van der Waals surface area contributed by atoms with E-state index in [0.29, 0.717) is 23.1 Å². The molecular formula is C23H19ClF3NO3. The Morgan fingerprint density at radius 1 is 1.16 bits per heavy atom. The molecule has 2 aromatic carbocycles. The standard InChI is InChI=1S/C23H19ClF3NO3/c1-21(2)14-22(21,12-19(24)23(25,26)27)20(29)31-18(13-28)15-7-6-10-17(11-15)30-16-8-4-3-5-9-16/h3-12,18H,14H2,1-2H3/b19-12-. The van der Waals surface area contributed by atoms with Gasteiger partial charge >= 0.3 is 12.1 Å². The third-order valence-electron chi connectivity index (χ3n) is 5.29. The molecule has 0 aliphatic heterocycles. The van der Waals surface area contributed by atoms with Crippen LogP contribution in [-0.4, -0.2) is 12.1 Å². The highest BCUT2D eigenvalue weighted by atomic mass is 35.5. The molecule has 2 aromatic rings. The second-order valence-corrected chi connectivity index (χ2v) is 8.33. The second-order valence-electron chi connectivity index (χ2n) is 7.92. The number of hydrogen-bond donors (Lipinski definition) is 0. The van der Waals surface area contributed by atoms with Crippen molar-refractivity contribution in [2.45, 2.75) is 32.5 Å². The van der Waals surface area contributed by atoms with Gasteiger partial charge in [-0.3, -0.25) is 4.79 Å². The van der Waals surface area contributed by atoms with E-state index < -0.39 is 34.1 Å². The number of carbonyl (C=O) groups excluding carboxylic acids is 1. The fourth-order valence-corrected chi connectivity index (χ4v) is 3.54. The molecule has 2 unspecified atom stereocenters. The molecule has 0 bridgehead atoms. The van der Waals surface area contributed by atoms with E-state index in [1.165, 1.54) is 6.07 Å². The van der Waals surface area contributed by atoms with Gasteiger partial charge in [-0.1, -0.05) is 55.8 Å². The Morgan fingerprint density at radius 3 is 2.32 bits per heavy atom. The molecule has 1 aliphatic carbocycles. The summed E-state index contributed by atoms with van der Waals surface area (Å²) in [6.45, 7) is 3.28. The lowest BCUT2D eigenvalue weighted by molar-refractivity contribution is -0.153. The van der Waals surface area contributed by atoms with Gasteiger partial charge in [0.1, 0.15) is 22.6 Å². The number of benzene rings is 2. The van der Waals surface area contributed by atoms with E-state index in [9.17, 15) is 23.2 Å². The van der Waals surface area contributed by atoms with Crippen LogP contribution in [0.1, 0.15) is 31.9 Å². The summed E-state index contributed by atoms with van der Waals surface area (Å²) in [5.74, 6) is 0.0677. The lowest BCUT2D eigenvalue weighted by Crippen LogP contribution is -2.25. The van der Waals surface area contributed by atoms with Crippen LogP contribution in [-0.2, 0) is 9.53 Å². The highest BCUT2D eigenvalue weighted by molar-refractivity contribution is 6.30. The number of allylic oxidation sites excluding steroid dienone is 1. The number of carbonyl (C=O) groups is 1. The van der Waals surface area contributed by atoms with Crippen molar-refractivity contribution in [3.8, 4) is 17.6 Å². The highest BCUT2D eigenvalue weighted by Crippen LogP contribution is 2.66. The summed E-state index contributed by atoms with van der Waals surface area (Å²) < 4.78 is 49.8. The third-order valence-corrected chi connectivity index (χ3v) is 5.62. The molecule has 1 saturated carbocycles. The molecule has 0 heterocycles. The zero-order valence-corrected chi connectivity index (χ0v) is 17.5. The number of nitrogens with zero attached hydrogens (tertiary/aromatic N) is 1. The predicted octanol–water partition coefficient (Wildman–Crippen LogP) is 6.69. The first-order valence-electron chi connectivity index (χ1n) is 9.38. The molecule has 0 spiro atoms. The van der Waals surface area contributed by atoms with E-state index >= 15 is 0 Å². The molecule has 4 nitrogen and oxygen atoms in total. The van der Waals surface area contributed by atoms with Crippen molar-refractivity contribution in [2.24, 2.45) is 10.8 Å². The normalized spacial score (nSPS) is 21.0. The molecule has 1 aliphatic rings. The van der Waals surface area contributed by atoms with Gasteiger partial charge < -0.3 is 9.47 Å². The van der Waals surface area contributed by atoms with Gasteiger partial charge in [0.15, 0.2) is 0 Å². The van der Waals surface area contributed by atoms with Gasteiger partial charge in [-0.2, -0.15) is 18.4 Å². The first kappa shape index (κ1) is 22.7.